The Hall–Kier alpha value is -0.730. The van der Waals surface area contributed by atoms with Crippen molar-refractivity contribution in [2.24, 2.45) is 5.10 Å². The van der Waals surface area contributed by atoms with Gasteiger partial charge in [0.2, 0.25) is 0 Å². The molecule has 0 aromatic heterocycles. The number of hydrogen-bond acceptors (Lipinski definition) is 3. The molecule has 11 heavy (non-hydrogen) atoms. The van der Waals surface area contributed by atoms with Crippen LogP contribution in [0.25, 0.3) is 0 Å². The standard InChI is InChI=1S/C8H17N3/c1-4-5-6-11-8(2)10(3)7-9-11/h7-8H,4-6H2,1-3H3. The van der Waals surface area contributed by atoms with Gasteiger partial charge in [0, 0.05) is 13.6 Å². The van der Waals surface area contributed by atoms with E-state index in [4.69, 9.17) is 0 Å². The summed E-state index contributed by atoms with van der Waals surface area (Å²) in [6, 6.07) is 0. The third-order valence-electron chi connectivity index (χ3n) is 2.14. The molecule has 1 rings (SSSR count). The first kappa shape index (κ1) is 8.37. The molecular formula is C8H17N3. The van der Waals surface area contributed by atoms with Crippen LogP contribution >= 0.6 is 0 Å². The summed E-state index contributed by atoms with van der Waals surface area (Å²) in [5, 5.41) is 6.40. The lowest BCUT2D eigenvalue weighted by atomic mass is 10.3. The first-order valence-corrected chi connectivity index (χ1v) is 4.28. The van der Waals surface area contributed by atoms with Crippen molar-refractivity contribution in [3.05, 3.63) is 0 Å². The quantitative estimate of drug-likeness (QED) is 0.612. The molecule has 1 aliphatic heterocycles. The highest BCUT2D eigenvalue weighted by Crippen LogP contribution is 2.09. The molecule has 0 bridgehead atoms. The highest BCUT2D eigenvalue weighted by atomic mass is 15.6. The molecule has 1 aliphatic rings. The molecule has 1 heterocycles. The molecule has 0 fully saturated rings. The van der Waals surface area contributed by atoms with E-state index in [9.17, 15) is 0 Å². The Morgan fingerprint density at radius 3 is 2.73 bits per heavy atom. The Balaban J connectivity index is 2.31. The first-order valence-electron chi connectivity index (χ1n) is 4.28. The highest BCUT2D eigenvalue weighted by Gasteiger charge is 2.18. The van der Waals surface area contributed by atoms with Gasteiger partial charge in [-0.1, -0.05) is 13.3 Å². The largest absolute Gasteiger partial charge is 0.343 e. The summed E-state index contributed by atoms with van der Waals surface area (Å²) in [7, 11) is 2.06. The third kappa shape index (κ3) is 1.85. The van der Waals surface area contributed by atoms with E-state index < -0.39 is 0 Å². The van der Waals surface area contributed by atoms with Crippen molar-refractivity contribution in [3.63, 3.8) is 0 Å². The van der Waals surface area contributed by atoms with E-state index in [0.29, 0.717) is 6.17 Å². The highest BCUT2D eigenvalue weighted by molar-refractivity contribution is 5.56. The molecular weight excluding hydrogens is 138 g/mol. The van der Waals surface area contributed by atoms with Crippen LogP contribution in [0, 0.1) is 0 Å². The van der Waals surface area contributed by atoms with Crippen molar-refractivity contribution >= 4 is 6.34 Å². The SMILES string of the molecule is CCCCN1N=CN(C)C1C. The Labute approximate surface area is 68.7 Å². The zero-order chi connectivity index (χ0) is 8.27. The van der Waals surface area contributed by atoms with Gasteiger partial charge < -0.3 is 4.90 Å². The van der Waals surface area contributed by atoms with E-state index in [0.717, 1.165) is 6.54 Å². The van der Waals surface area contributed by atoms with Gasteiger partial charge in [-0.2, -0.15) is 5.10 Å². The molecule has 1 unspecified atom stereocenters. The van der Waals surface area contributed by atoms with E-state index in [-0.39, 0.29) is 0 Å². The van der Waals surface area contributed by atoms with Crippen molar-refractivity contribution in [1.82, 2.24) is 9.91 Å². The molecule has 64 valence electrons. The van der Waals surface area contributed by atoms with Crippen molar-refractivity contribution in [2.75, 3.05) is 13.6 Å². The fourth-order valence-electron chi connectivity index (χ4n) is 1.12. The average Bonchev–Trinajstić information content (AvgIpc) is 2.31. The van der Waals surface area contributed by atoms with Crippen molar-refractivity contribution < 1.29 is 0 Å². The molecule has 0 saturated heterocycles. The molecule has 0 aromatic rings. The topological polar surface area (TPSA) is 18.8 Å². The maximum absolute atomic E-state index is 4.27. The molecule has 3 heteroatoms. The molecule has 0 aliphatic carbocycles. The van der Waals surface area contributed by atoms with E-state index >= 15 is 0 Å². The van der Waals surface area contributed by atoms with Gasteiger partial charge in [-0.05, 0) is 13.3 Å². The van der Waals surface area contributed by atoms with Gasteiger partial charge >= 0.3 is 0 Å². The van der Waals surface area contributed by atoms with E-state index in [1.54, 1.807) is 0 Å². The summed E-state index contributed by atoms with van der Waals surface area (Å²) >= 11 is 0. The third-order valence-corrected chi connectivity index (χ3v) is 2.14. The lowest BCUT2D eigenvalue weighted by molar-refractivity contribution is 0.161. The summed E-state index contributed by atoms with van der Waals surface area (Å²) in [4.78, 5) is 2.12. The fraction of sp³-hybridized carbons (Fsp3) is 0.875. The molecule has 0 aromatic carbocycles. The Morgan fingerprint density at radius 2 is 2.27 bits per heavy atom. The minimum absolute atomic E-state index is 0.446. The molecule has 3 nitrogen and oxygen atoms in total. The predicted molar refractivity (Wildman–Crippen MR) is 47.3 cm³/mol. The van der Waals surface area contributed by atoms with Gasteiger partial charge in [-0.3, -0.25) is 5.01 Å². The minimum Gasteiger partial charge on any atom is -0.343 e. The lowest BCUT2D eigenvalue weighted by Gasteiger charge is -2.24. The minimum atomic E-state index is 0.446. The monoisotopic (exact) mass is 155 g/mol. The van der Waals surface area contributed by atoms with Crippen LogP contribution in [0.1, 0.15) is 26.7 Å². The number of hydrazone groups is 1. The number of rotatable bonds is 3. The Bertz CT molecular complexity index is 144. The van der Waals surface area contributed by atoms with Crippen molar-refractivity contribution in [2.45, 2.75) is 32.9 Å². The van der Waals surface area contributed by atoms with Gasteiger partial charge in [-0.15, -0.1) is 0 Å². The maximum atomic E-state index is 4.27. The Morgan fingerprint density at radius 1 is 1.55 bits per heavy atom. The fourth-order valence-corrected chi connectivity index (χ4v) is 1.12. The van der Waals surface area contributed by atoms with Gasteiger partial charge in [0.05, 0.1) is 0 Å². The van der Waals surface area contributed by atoms with Crippen LogP contribution in [0.3, 0.4) is 0 Å². The first-order chi connectivity index (χ1) is 5.25. The lowest BCUT2D eigenvalue weighted by Crippen LogP contribution is -2.34. The van der Waals surface area contributed by atoms with Gasteiger partial charge in [0.15, 0.2) is 0 Å². The van der Waals surface area contributed by atoms with Crippen LogP contribution in [0.2, 0.25) is 0 Å². The smallest absolute Gasteiger partial charge is 0.116 e. The molecule has 1 atom stereocenters. The van der Waals surface area contributed by atoms with Crippen LogP contribution in [0.5, 0.6) is 0 Å². The second kappa shape index (κ2) is 3.60. The average molecular weight is 155 g/mol. The van der Waals surface area contributed by atoms with Crippen LogP contribution in [0.4, 0.5) is 0 Å². The summed E-state index contributed by atoms with van der Waals surface area (Å²) in [5.41, 5.74) is 0. The van der Waals surface area contributed by atoms with Gasteiger partial charge in [0.1, 0.15) is 12.5 Å². The molecule has 0 spiro atoms. The maximum Gasteiger partial charge on any atom is 0.116 e. The zero-order valence-electron chi connectivity index (χ0n) is 7.62. The molecule has 0 radical (unpaired) electrons. The van der Waals surface area contributed by atoms with E-state index in [2.05, 4.69) is 35.9 Å². The van der Waals surface area contributed by atoms with Crippen molar-refractivity contribution in [1.29, 1.82) is 0 Å². The van der Waals surface area contributed by atoms with Crippen LogP contribution in [0.15, 0.2) is 5.10 Å². The van der Waals surface area contributed by atoms with E-state index in [1.807, 2.05) is 6.34 Å². The number of unbranched alkanes of at least 4 members (excludes halogenated alkanes) is 1. The van der Waals surface area contributed by atoms with E-state index in [1.165, 1.54) is 12.8 Å². The van der Waals surface area contributed by atoms with Crippen molar-refractivity contribution in [3.8, 4) is 0 Å². The predicted octanol–water partition coefficient (Wildman–Crippen LogP) is 1.32. The summed E-state index contributed by atoms with van der Waals surface area (Å²) in [6.45, 7) is 5.45. The van der Waals surface area contributed by atoms with Gasteiger partial charge in [0.25, 0.3) is 0 Å². The van der Waals surface area contributed by atoms with Crippen LogP contribution < -0.4 is 0 Å². The Kier molecular flexibility index (Phi) is 2.74. The van der Waals surface area contributed by atoms with Gasteiger partial charge in [-0.25, -0.2) is 0 Å². The summed E-state index contributed by atoms with van der Waals surface area (Å²) in [6.07, 6.45) is 4.81. The molecule has 0 saturated carbocycles. The number of nitrogens with zero attached hydrogens (tertiary/aromatic N) is 3. The molecule has 0 amide bonds. The van der Waals surface area contributed by atoms with Crippen LogP contribution in [-0.4, -0.2) is 36.0 Å². The summed E-state index contributed by atoms with van der Waals surface area (Å²) < 4.78 is 0. The van der Waals surface area contributed by atoms with Crippen LogP contribution in [-0.2, 0) is 0 Å². The second-order valence-electron chi connectivity index (χ2n) is 3.04. The normalized spacial score (nSPS) is 23.4. The molecule has 0 N–H and O–H groups in total. The second-order valence-corrected chi connectivity index (χ2v) is 3.04. The zero-order valence-corrected chi connectivity index (χ0v) is 7.62. The number of hydrogen-bond donors (Lipinski definition) is 0. The summed E-state index contributed by atoms with van der Waals surface area (Å²) in [5.74, 6) is 0.